The lowest BCUT2D eigenvalue weighted by molar-refractivity contribution is 0.0844. The lowest BCUT2D eigenvalue weighted by atomic mass is 9.98. The number of nitrogens with one attached hydrogen (secondary N) is 1. The first-order valence-corrected chi connectivity index (χ1v) is 7.78. The van der Waals surface area contributed by atoms with E-state index in [4.69, 9.17) is 0 Å². The maximum atomic E-state index is 12.7. The Morgan fingerprint density at radius 3 is 2.90 bits per heavy atom. The van der Waals surface area contributed by atoms with Crippen LogP contribution in [0.1, 0.15) is 49.0 Å². The third-order valence-electron chi connectivity index (χ3n) is 4.19. The molecule has 1 aromatic rings. The van der Waals surface area contributed by atoms with Gasteiger partial charge in [0.25, 0.3) is 0 Å². The highest BCUT2D eigenvalue weighted by molar-refractivity contribution is 6.00. The van der Waals surface area contributed by atoms with Gasteiger partial charge in [-0.2, -0.15) is 0 Å². The van der Waals surface area contributed by atoms with E-state index in [1.807, 2.05) is 12.1 Å². The summed E-state index contributed by atoms with van der Waals surface area (Å²) in [5.41, 5.74) is 3.33. The van der Waals surface area contributed by atoms with Crippen LogP contribution in [0.5, 0.6) is 0 Å². The SMILES string of the molecule is CCCCN(C)C(CC)C(=O)c1ccc2c(c1)CCN2. The summed E-state index contributed by atoms with van der Waals surface area (Å²) < 4.78 is 0. The maximum Gasteiger partial charge on any atom is 0.179 e. The Labute approximate surface area is 122 Å². The Hall–Kier alpha value is -1.35. The number of nitrogens with zero attached hydrogens (tertiary/aromatic N) is 1. The van der Waals surface area contributed by atoms with Crippen molar-refractivity contribution in [2.45, 2.75) is 45.6 Å². The van der Waals surface area contributed by atoms with Gasteiger partial charge < -0.3 is 5.32 Å². The summed E-state index contributed by atoms with van der Waals surface area (Å²) in [5, 5.41) is 3.34. The molecule has 2 rings (SSSR count). The smallest absolute Gasteiger partial charge is 0.179 e. The van der Waals surface area contributed by atoms with Crippen LogP contribution in [-0.2, 0) is 6.42 Å². The lowest BCUT2D eigenvalue weighted by Crippen LogP contribution is -2.38. The number of carbonyl (C=O) groups excluding carboxylic acids is 1. The van der Waals surface area contributed by atoms with E-state index in [2.05, 4.69) is 37.2 Å². The van der Waals surface area contributed by atoms with Crippen LogP contribution in [0, 0.1) is 0 Å². The van der Waals surface area contributed by atoms with Crippen LogP contribution >= 0.6 is 0 Å². The fraction of sp³-hybridized carbons (Fsp3) is 0.588. The van der Waals surface area contributed by atoms with Gasteiger partial charge in [0.15, 0.2) is 5.78 Å². The average Bonchev–Trinajstić information content (AvgIpc) is 2.92. The molecule has 0 saturated carbocycles. The number of hydrogen-bond donors (Lipinski definition) is 1. The van der Waals surface area contributed by atoms with Crippen LogP contribution in [0.2, 0.25) is 0 Å². The zero-order chi connectivity index (χ0) is 14.5. The van der Waals surface area contributed by atoms with E-state index in [-0.39, 0.29) is 11.8 Å². The Morgan fingerprint density at radius 2 is 2.20 bits per heavy atom. The maximum absolute atomic E-state index is 12.7. The molecule has 1 aliphatic heterocycles. The van der Waals surface area contributed by atoms with Gasteiger partial charge in [0.2, 0.25) is 0 Å². The number of anilines is 1. The van der Waals surface area contributed by atoms with Crippen LogP contribution in [0.3, 0.4) is 0 Å². The summed E-state index contributed by atoms with van der Waals surface area (Å²) in [7, 11) is 2.07. The van der Waals surface area contributed by atoms with E-state index in [0.717, 1.165) is 37.9 Å². The minimum Gasteiger partial charge on any atom is -0.384 e. The van der Waals surface area contributed by atoms with Crippen LogP contribution < -0.4 is 5.32 Å². The van der Waals surface area contributed by atoms with Crippen molar-refractivity contribution in [1.82, 2.24) is 4.90 Å². The lowest BCUT2D eigenvalue weighted by Gasteiger charge is -2.26. The van der Waals surface area contributed by atoms with Gasteiger partial charge in [-0.1, -0.05) is 20.3 Å². The molecule has 1 aliphatic rings. The van der Waals surface area contributed by atoms with Crippen molar-refractivity contribution in [2.24, 2.45) is 0 Å². The van der Waals surface area contributed by atoms with Crippen LogP contribution in [0.25, 0.3) is 0 Å². The van der Waals surface area contributed by atoms with Gasteiger partial charge in [-0.3, -0.25) is 9.69 Å². The molecule has 0 saturated heterocycles. The number of unbranched alkanes of at least 4 members (excludes halogenated alkanes) is 1. The van der Waals surface area contributed by atoms with E-state index >= 15 is 0 Å². The second kappa shape index (κ2) is 6.89. The predicted octanol–water partition coefficient (Wildman–Crippen LogP) is 3.35. The minimum atomic E-state index is 0.00830. The molecule has 0 radical (unpaired) electrons. The zero-order valence-electron chi connectivity index (χ0n) is 12.9. The normalized spacial score (nSPS) is 15.0. The molecule has 3 nitrogen and oxygen atoms in total. The van der Waals surface area contributed by atoms with E-state index in [9.17, 15) is 4.79 Å². The molecule has 1 unspecified atom stereocenters. The zero-order valence-corrected chi connectivity index (χ0v) is 12.9. The summed E-state index contributed by atoms with van der Waals surface area (Å²) in [6, 6.07) is 6.10. The first-order valence-electron chi connectivity index (χ1n) is 7.78. The number of hydrogen-bond acceptors (Lipinski definition) is 3. The van der Waals surface area contributed by atoms with E-state index in [1.54, 1.807) is 0 Å². The molecule has 0 fully saturated rings. The van der Waals surface area contributed by atoms with Crippen LogP contribution in [0.4, 0.5) is 5.69 Å². The van der Waals surface area contributed by atoms with E-state index < -0.39 is 0 Å². The second-order valence-electron chi connectivity index (χ2n) is 5.67. The molecule has 1 aromatic carbocycles. The highest BCUT2D eigenvalue weighted by Gasteiger charge is 2.23. The molecule has 1 heterocycles. The number of likely N-dealkylation sites (N-methyl/N-ethyl adjacent to an activating group) is 1. The Balaban J connectivity index is 2.11. The summed E-state index contributed by atoms with van der Waals surface area (Å²) in [6.07, 6.45) is 4.21. The summed E-state index contributed by atoms with van der Waals surface area (Å²) in [5.74, 6) is 0.265. The van der Waals surface area contributed by atoms with Crippen molar-refractivity contribution in [1.29, 1.82) is 0 Å². The number of benzene rings is 1. The average molecular weight is 274 g/mol. The van der Waals surface area contributed by atoms with Gasteiger partial charge in [-0.05, 0) is 56.6 Å². The molecule has 1 atom stereocenters. The molecule has 0 aromatic heterocycles. The first kappa shape index (κ1) is 15.0. The van der Waals surface area contributed by atoms with Crippen molar-refractivity contribution >= 4 is 11.5 Å². The molecular formula is C17H26N2O. The van der Waals surface area contributed by atoms with Crippen LogP contribution in [0.15, 0.2) is 18.2 Å². The summed E-state index contributed by atoms with van der Waals surface area (Å²) >= 11 is 0. The Bertz CT molecular complexity index is 470. The largest absolute Gasteiger partial charge is 0.384 e. The summed E-state index contributed by atoms with van der Waals surface area (Å²) in [4.78, 5) is 14.9. The minimum absolute atomic E-state index is 0.00830. The van der Waals surface area contributed by atoms with Crippen molar-refractivity contribution in [2.75, 3.05) is 25.5 Å². The Kier molecular flexibility index (Phi) is 5.18. The molecule has 1 N–H and O–H groups in total. The second-order valence-corrected chi connectivity index (χ2v) is 5.67. The standard InChI is InChI=1S/C17H26N2O/c1-4-6-11-19(3)16(5-2)17(20)14-7-8-15-13(12-14)9-10-18-15/h7-8,12,16,18H,4-6,9-11H2,1-3H3. The highest BCUT2D eigenvalue weighted by Crippen LogP contribution is 2.24. The van der Waals surface area contributed by atoms with E-state index in [0.29, 0.717) is 0 Å². The third-order valence-corrected chi connectivity index (χ3v) is 4.19. The topological polar surface area (TPSA) is 32.3 Å². The van der Waals surface area contributed by atoms with Crippen LogP contribution in [-0.4, -0.2) is 36.9 Å². The van der Waals surface area contributed by atoms with Crippen molar-refractivity contribution in [3.8, 4) is 0 Å². The molecular weight excluding hydrogens is 248 g/mol. The highest BCUT2D eigenvalue weighted by atomic mass is 16.1. The quantitative estimate of drug-likeness (QED) is 0.774. The monoisotopic (exact) mass is 274 g/mol. The fourth-order valence-electron chi connectivity index (χ4n) is 2.91. The fourth-order valence-corrected chi connectivity index (χ4v) is 2.91. The van der Waals surface area contributed by atoms with Gasteiger partial charge >= 0.3 is 0 Å². The van der Waals surface area contributed by atoms with Crippen molar-refractivity contribution in [3.63, 3.8) is 0 Å². The molecule has 3 heteroatoms. The van der Waals surface area contributed by atoms with Crippen molar-refractivity contribution in [3.05, 3.63) is 29.3 Å². The van der Waals surface area contributed by atoms with Gasteiger partial charge in [0.05, 0.1) is 6.04 Å². The van der Waals surface area contributed by atoms with Gasteiger partial charge in [0, 0.05) is 17.8 Å². The molecule has 20 heavy (non-hydrogen) atoms. The number of ketones is 1. The number of Topliss-reactive ketones (excluding diaryl/α,β-unsaturated/α-hetero) is 1. The first-order chi connectivity index (χ1) is 9.67. The molecule has 110 valence electrons. The molecule has 0 amide bonds. The molecule has 0 bridgehead atoms. The number of fused-ring (bicyclic) bond motifs is 1. The van der Waals surface area contributed by atoms with Crippen molar-refractivity contribution < 1.29 is 4.79 Å². The van der Waals surface area contributed by atoms with Gasteiger partial charge in [-0.25, -0.2) is 0 Å². The number of carbonyl (C=O) groups is 1. The number of rotatable bonds is 7. The Morgan fingerprint density at radius 1 is 1.40 bits per heavy atom. The predicted molar refractivity (Wildman–Crippen MR) is 84.6 cm³/mol. The van der Waals surface area contributed by atoms with Gasteiger partial charge in [0.1, 0.15) is 0 Å². The summed E-state index contributed by atoms with van der Waals surface area (Å²) in [6.45, 7) is 6.26. The van der Waals surface area contributed by atoms with Gasteiger partial charge in [-0.15, -0.1) is 0 Å². The molecule has 0 aliphatic carbocycles. The van der Waals surface area contributed by atoms with E-state index in [1.165, 1.54) is 17.7 Å². The third kappa shape index (κ3) is 3.21. The molecule has 0 spiro atoms.